The molecule has 0 fully saturated rings. The molecule has 0 unspecified atom stereocenters. The molecular formula is C27H30ClNO4. The summed E-state index contributed by atoms with van der Waals surface area (Å²) in [5.41, 5.74) is 1.65. The molecule has 0 atom stereocenters. The Kier molecular flexibility index (Phi) is 7.98. The Morgan fingerprint density at radius 3 is 2.48 bits per heavy atom. The van der Waals surface area contributed by atoms with Crippen LogP contribution in [0.5, 0.6) is 5.75 Å². The highest BCUT2D eigenvalue weighted by molar-refractivity contribution is 6.33. The number of esters is 1. The van der Waals surface area contributed by atoms with Gasteiger partial charge in [0.05, 0.1) is 22.9 Å². The van der Waals surface area contributed by atoms with Gasteiger partial charge in [0.25, 0.3) is 0 Å². The average Bonchev–Trinajstić information content (AvgIpc) is 3.19. The molecule has 0 aliphatic heterocycles. The van der Waals surface area contributed by atoms with Gasteiger partial charge < -0.3 is 13.9 Å². The molecule has 0 saturated heterocycles. The van der Waals surface area contributed by atoms with E-state index in [9.17, 15) is 4.79 Å². The Bertz CT molecular complexity index is 1110. The zero-order valence-electron chi connectivity index (χ0n) is 19.7. The molecule has 0 radical (unpaired) electrons. The lowest BCUT2D eigenvalue weighted by molar-refractivity contribution is -0.158. The van der Waals surface area contributed by atoms with E-state index in [2.05, 4.69) is 19.9 Å². The SMILES string of the molecule is CCOC(=O)C(C)(C)Oc1ccc(C=CCc2nc(-c3ccccc3Cl)oc2C(C)C)cc1. The van der Waals surface area contributed by atoms with Gasteiger partial charge in [0.1, 0.15) is 11.5 Å². The van der Waals surface area contributed by atoms with Gasteiger partial charge in [0, 0.05) is 12.3 Å². The van der Waals surface area contributed by atoms with Crippen molar-refractivity contribution in [1.82, 2.24) is 4.98 Å². The lowest BCUT2D eigenvalue weighted by atomic mass is 10.1. The molecule has 1 heterocycles. The zero-order valence-corrected chi connectivity index (χ0v) is 20.5. The summed E-state index contributed by atoms with van der Waals surface area (Å²) in [6.45, 7) is 9.65. The first-order valence-electron chi connectivity index (χ1n) is 11.1. The standard InChI is InChI=1S/C27H30ClNO4/c1-6-31-26(30)27(4,5)33-20-16-14-19(15-17-20)10-9-13-23-24(18(2)3)32-25(29-23)21-11-7-8-12-22(21)28/h7-12,14-18H,6,13H2,1-5H3. The normalized spacial score (nSPS) is 11.8. The van der Waals surface area contributed by atoms with Gasteiger partial charge in [0.15, 0.2) is 5.60 Å². The number of halogens is 1. The molecular weight excluding hydrogens is 438 g/mol. The van der Waals surface area contributed by atoms with Gasteiger partial charge in [-0.25, -0.2) is 9.78 Å². The third kappa shape index (κ3) is 6.26. The maximum absolute atomic E-state index is 12.0. The number of ether oxygens (including phenoxy) is 2. The minimum Gasteiger partial charge on any atom is -0.476 e. The number of rotatable bonds is 9. The summed E-state index contributed by atoms with van der Waals surface area (Å²) < 4.78 is 16.9. The number of carbonyl (C=O) groups excluding carboxylic acids is 1. The molecule has 0 aliphatic carbocycles. The first-order chi connectivity index (χ1) is 15.7. The molecule has 0 amide bonds. The van der Waals surface area contributed by atoms with Crippen molar-refractivity contribution in [2.45, 2.75) is 52.6 Å². The molecule has 0 aliphatic rings. The van der Waals surface area contributed by atoms with Crippen LogP contribution in [0.4, 0.5) is 0 Å². The van der Waals surface area contributed by atoms with Crippen molar-refractivity contribution >= 4 is 23.6 Å². The minimum atomic E-state index is -1.05. The Morgan fingerprint density at radius 1 is 1.15 bits per heavy atom. The van der Waals surface area contributed by atoms with E-state index in [0.717, 1.165) is 22.6 Å². The molecule has 0 saturated carbocycles. The van der Waals surface area contributed by atoms with E-state index in [1.54, 1.807) is 20.8 Å². The lowest BCUT2D eigenvalue weighted by Gasteiger charge is -2.24. The molecule has 1 aromatic heterocycles. The lowest BCUT2D eigenvalue weighted by Crippen LogP contribution is -2.39. The fraction of sp³-hybridized carbons (Fsp3) is 0.333. The van der Waals surface area contributed by atoms with E-state index in [1.165, 1.54) is 0 Å². The predicted molar refractivity (Wildman–Crippen MR) is 132 cm³/mol. The quantitative estimate of drug-likeness (QED) is 0.314. The van der Waals surface area contributed by atoms with E-state index in [-0.39, 0.29) is 5.92 Å². The Morgan fingerprint density at radius 2 is 1.85 bits per heavy atom. The number of benzene rings is 2. The van der Waals surface area contributed by atoms with Crippen LogP contribution in [0.3, 0.4) is 0 Å². The molecule has 6 heteroatoms. The summed E-state index contributed by atoms with van der Waals surface area (Å²) in [6.07, 6.45) is 4.71. The first kappa shape index (κ1) is 24.6. The van der Waals surface area contributed by atoms with E-state index < -0.39 is 11.6 Å². The molecule has 33 heavy (non-hydrogen) atoms. The summed E-state index contributed by atoms with van der Waals surface area (Å²) in [6, 6.07) is 15.1. The molecule has 3 aromatic rings. The van der Waals surface area contributed by atoms with Crippen LogP contribution in [0.15, 0.2) is 59.0 Å². The fourth-order valence-corrected chi connectivity index (χ4v) is 3.52. The second-order valence-corrected chi connectivity index (χ2v) is 8.88. The second kappa shape index (κ2) is 10.7. The third-order valence-electron chi connectivity index (χ3n) is 5.00. The number of carbonyl (C=O) groups is 1. The highest BCUT2D eigenvalue weighted by atomic mass is 35.5. The topological polar surface area (TPSA) is 61.6 Å². The number of allylic oxidation sites excluding steroid dienone is 1. The smallest absolute Gasteiger partial charge is 0.349 e. The Hall–Kier alpha value is -3.05. The van der Waals surface area contributed by atoms with Crippen LogP contribution in [-0.2, 0) is 16.0 Å². The van der Waals surface area contributed by atoms with Crippen molar-refractivity contribution in [2.24, 2.45) is 0 Å². The molecule has 174 valence electrons. The van der Waals surface area contributed by atoms with Crippen molar-refractivity contribution in [3.05, 3.63) is 76.6 Å². The van der Waals surface area contributed by atoms with E-state index in [1.807, 2.05) is 54.6 Å². The van der Waals surface area contributed by atoms with Crippen molar-refractivity contribution in [1.29, 1.82) is 0 Å². The van der Waals surface area contributed by atoms with Crippen molar-refractivity contribution in [3.8, 4) is 17.2 Å². The summed E-state index contributed by atoms with van der Waals surface area (Å²) in [7, 11) is 0. The summed E-state index contributed by atoms with van der Waals surface area (Å²) in [5.74, 6) is 1.82. The van der Waals surface area contributed by atoms with Gasteiger partial charge in [0.2, 0.25) is 5.89 Å². The van der Waals surface area contributed by atoms with Crippen LogP contribution in [0.25, 0.3) is 17.5 Å². The first-order valence-corrected chi connectivity index (χ1v) is 11.5. The molecule has 2 aromatic carbocycles. The third-order valence-corrected chi connectivity index (χ3v) is 5.33. The molecule has 0 bridgehead atoms. The molecule has 0 N–H and O–H groups in total. The van der Waals surface area contributed by atoms with Crippen molar-refractivity contribution in [3.63, 3.8) is 0 Å². The predicted octanol–water partition coefficient (Wildman–Crippen LogP) is 7.09. The highest BCUT2D eigenvalue weighted by Gasteiger charge is 2.31. The van der Waals surface area contributed by atoms with E-state index in [0.29, 0.717) is 29.7 Å². The van der Waals surface area contributed by atoms with Crippen LogP contribution in [0.1, 0.15) is 57.6 Å². The minimum absolute atomic E-state index is 0.205. The highest BCUT2D eigenvalue weighted by Crippen LogP contribution is 2.31. The number of nitrogens with zero attached hydrogens (tertiary/aromatic N) is 1. The van der Waals surface area contributed by atoms with Crippen LogP contribution in [0.2, 0.25) is 5.02 Å². The van der Waals surface area contributed by atoms with Gasteiger partial charge >= 0.3 is 5.97 Å². The number of aromatic nitrogens is 1. The van der Waals surface area contributed by atoms with Crippen LogP contribution in [-0.4, -0.2) is 23.2 Å². The summed E-state index contributed by atoms with van der Waals surface area (Å²) in [5, 5.41) is 0.615. The molecule has 0 spiro atoms. The van der Waals surface area contributed by atoms with Crippen LogP contribution < -0.4 is 4.74 Å². The monoisotopic (exact) mass is 467 g/mol. The van der Waals surface area contributed by atoms with Crippen molar-refractivity contribution < 1.29 is 18.7 Å². The Balaban J connectivity index is 1.70. The number of oxazole rings is 1. The summed E-state index contributed by atoms with van der Waals surface area (Å²) >= 11 is 6.32. The molecule has 3 rings (SSSR count). The van der Waals surface area contributed by atoms with E-state index in [4.69, 9.17) is 30.5 Å². The number of hydrogen-bond donors (Lipinski definition) is 0. The van der Waals surface area contributed by atoms with Crippen LogP contribution >= 0.6 is 11.6 Å². The van der Waals surface area contributed by atoms with Gasteiger partial charge in [-0.1, -0.05) is 61.9 Å². The van der Waals surface area contributed by atoms with Gasteiger partial charge in [-0.05, 0) is 50.6 Å². The maximum atomic E-state index is 12.0. The number of hydrogen-bond acceptors (Lipinski definition) is 5. The summed E-state index contributed by atoms with van der Waals surface area (Å²) in [4.78, 5) is 16.7. The Labute approximate surface area is 200 Å². The zero-order chi connectivity index (χ0) is 24.0. The average molecular weight is 468 g/mol. The second-order valence-electron chi connectivity index (χ2n) is 8.47. The van der Waals surface area contributed by atoms with E-state index >= 15 is 0 Å². The fourth-order valence-electron chi connectivity index (χ4n) is 3.31. The van der Waals surface area contributed by atoms with Crippen LogP contribution in [0, 0.1) is 0 Å². The van der Waals surface area contributed by atoms with Gasteiger partial charge in [-0.2, -0.15) is 0 Å². The van der Waals surface area contributed by atoms with Gasteiger partial charge in [-0.15, -0.1) is 0 Å². The van der Waals surface area contributed by atoms with Gasteiger partial charge in [-0.3, -0.25) is 0 Å². The largest absolute Gasteiger partial charge is 0.476 e. The molecule has 5 nitrogen and oxygen atoms in total. The maximum Gasteiger partial charge on any atom is 0.349 e. The van der Waals surface area contributed by atoms with Crippen molar-refractivity contribution in [2.75, 3.05) is 6.61 Å².